The molecule has 0 radical (unpaired) electrons. The van der Waals surface area contributed by atoms with Gasteiger partial charge in [-0.15, -0.1) is 11.8 Å². The highest BCUT2D eigenvalue weighted by molar-refractivity contribution is 7.99. The summed E-state index contributed by atoms with van der Waals surface area (Å²) in [7, 11) is 0. The third-order valence-electron chi connectivity index (χ3n) is 3.46. The van der Waals surface area contributed by atoms with E-state index in [-0.39, 0.29) is 11.1 Å². The first-order valence-electron chi connectivity index (χ1n) is 7.24. The summed E-state index contributed by atoms with van der Waals surface area (Å²) >= 11 is 1.80. The Balaban J connectivity index is 1.99. The van der Waals surface area contributed by atoms with Gasteiger partial charge < -0.3 is 9.32 Å². The molecule has 5 heteroatoms. The van der Waals surface area contributed by atoms with Gasteiger partial charge in [0.1, 0.15) is 0 Å². The van der Waals surface area contributed by atoms with Gasteiger partial charge in [0.05, 0.1) is 11.6 Å². The van der Waals surface area contributed by atoms with Gasteiger partial charge in [0.15, 0.2) is 5.76 Å². The predicted molar refractivity (Wildman–Crippen MR) is 79.8 cm³/mol. The lowest BCUT2D eigenvalue weighted by Gasteiger charge is -2.34. The molecule has 1 atom stereocenters. The molecule has 0 aliphatic carbocycles. The molecule has 1 unspecified atom stereocenters. The zero-order chi connectivity index (χ0) is 14.4. The SMILES string of the molecule is CCCCSC1CCCCN1C(=O)C(=O)c1ccco1. The number of hydrogen-bond donors (Lipinski definition) is 0. The molecule has 2 heterocycles. The monoisotopic (exact) mass is 295 g/mol. The minimum atomic E-state index is -0.530. The van der Waals surface area contributed by atoms with Crippen molar-refractivity contribution in [3.63, 3.8) is 0 Å². The molecule has 0 saturated carbocycles. The van der Waals surface area contributed by atoms with Gasteiger partial charge in [-0.1, -0.05) is 13.3 Å². The van der Waals surface area contributed by atoms with Crippen molar-refractivity contribution in [3.8, 4) is 0 Å². The number of furan rings is 1. The second kappa shape index (κ2) is 7.53. The highest BCUT2D eigenvalue weighted by Gasteiger charge is 2.32. The average Bonchev–Trinajstić information content (AvgIpc) is 3.01. The van der Waals surface area contributed by atoms with Gasteiger partial charge in [-0.2, -0.15) is 0 Å². The van der Waals surface area contributed by atoms with Gasteiger partial charge in [-0.3, -0.25) is 9.59 Å². The van der Waals surface area contributed by atoms with E-state index in [1.165, 1.54) is 6.26 Å². The number of unbranched alkanes of at least 4 members (excludes halogenated alkanes) is 1. The zero-order valence-corrected chi connectivity index (χ0v) is 12.7. The fourth-order valence-corrected chi connectivity index (χ4v) is 3.76. The second-order valence-electron chi connectivity index (χ2n) is 4.98. The molecule has 1 aliphatic heterocycles. The molecule has 4 nitrogen and oxygen atoms in total. The molecule has 0 bridgehead atoms. The molecule has 110 valence electrons. The Morgan fingerprint density at radius 1 is 1.45 bits per heavy atom. The molecule has 0 aromatic carbocycles. The summed E-state index contributed by atoms with van der Waals surface area (Å²) in [4.78, 5) is 26.2. The number of hydrogen-bond acceptors (Lipinski definition) is 4. The van der Waals surface area contributed by atoms with Gasteiger partial charge in [0, 0.05) is 6.54 Å². The predicted octanol–water partition coefficient (Wildman–Crippen LogP) is 3.33. The van der Waals surface area contributed by atoms with Crippen molar-refractivity contribution < 1.29 is 14.0 Å². The Morgan fingerprint density at radius 2 is 2.30 bits per heavy atom. The van der Waals surface area contributed by atoms with Crippen LogP contribution in [0.2, 0.25) is 0 Å². The van der Waals surface area contributed by atoms with Crippen LogP contribution in [-0.4, -0.2) is 34.3 Å². The molecule has 1 amide bonds. The highest BCUT2D eigenvalue weighted by atomic mass is 32.2. The second-order valence-corrected chi connectivity index (χ2v) is 6.27. The summed E-state index contributed by atoms with van der Waals surface area (Å²) in [5.74, 6) is 0.226. The van der Waals surface area contributed by atoms with E-state index in [0.717, 1.165) is 37.9 Å². The van der Waals surface area contributed by atoms with Crippen LogP contribution in [0.5, 0.6) is 0 Å². The average molecular weight is 295 g/mol. The molecule has 1 saturated heterocycles. The van der Waals surface area contributed by atoms with Crippen molar-refractivity contribution in [3.05, 3.63) is 24.2 Å². The van der Waals surface area contributed by atoms with E-state index in [1.807, 2.05) is 0 Å². The lowest BCUT2D eigenvalue weighted by molar-refractivity contribution is -0.128. The lowest BCUT2D eigenvalue weighted by atomic mass is 10.1. The first kappa shape index (κ1) is 15.2. The number of nitrogens with zero attached hydrogens (tertiary/aromatic N) is 1. The third-order valence-corrected chi connectivity index (χ3v) is 4.86. The Morgan fingerprint density at radius 3 is 3.00 bits per heavy atom. The Labute approximate surface area is 123 Å². The highest BCUT2D eigenvalue weighted by Crippen LogP contribution is 2.27. The molecule has 1 aromatic heterocycles. The van der Waals surface area contributed by atoms with Gasteiger partial charge in [0.2, 0.25) is 0 Å². The van der Waals surface area contributed by atoms with Crippen LogP contribution < -0.4 is 0 Å². The molecule has 2 rings (SSSR count). The largest absolute Gasteiger partial charge is 0.461 e. The summed E-state index contributed by atoms with van der Waals surface area (Å²) in [6.45, 7) is 2.83. The van der Waals surface area contributed by atoms with Crippen molar-refractivity contribution >= 4 is 23.5 Å². The van der Waals surface area contributed by atoms with Crippen LogP contribution in [0.15, 0.2) is 22.8 Å². The summed E-state index contributed by atoms with van der Waals surface area (Å²) in [5, 5.41) is 0.140. The summed E-state index contributed by atoms with van der Waals surface area (Å²) in [6.07, 6.45) is 6.80. The number of piperidine rings is 1. The van der Waals surface area contributed by atoms with Gasteiger partial charge in [-0.25, -0.2) is 0 Å². The van der Waals surface area contributed by atoms with E-state index in [2.05, 4.69) is 6.92 Å². The van der Waals surface area contributed by atoms with Crippen molar-refractivity contribution in [2.75, 3.05) is 12.3 Å². The van der Waals surface area contributed by atoms with E-state index < -0.39 is 11.7 Å². The van der Waals surface area contributed by atoms with E-state index >= 15 is 0 Å². The lowest BCUT2D eigenvalue weighted by Crippen LogP contribution is -2.45. The number of amides is 1. The molecule has 0 N–H and O–H groups in total. The number of thioether (sulfide) groups is 1. The molecule has 20 heavy (non-hydrogen) atoms. The van der Waals surface area contributed by atoms with E-state index in [9.17, 15) is 9.59 Å². The summed E-state index contributed by atoms with van der Waals surface area (Å²) < 4.78 is 5.04. The minimum absolute atomic E-state index is 0.137. The van der Waals surface area contributed by atoms with E-state index in [1.54, 1.807) is 28.8 Å². The number of ketones is 1. The molecule has 0 spiro atoms. The zero-order valence-electron chi connectivity index (χ0n) is 11.8. The maximum Gasteiger partial charge on any atom is 0.299 e. The van der Waals surface area contributed by atoms with Gasteiger partial charge in [0.25, 0.3) is 11.7 Å². The summed E-state index contributed by atoms with van der Waals surface area (Å²) in [6, 6.07) is 3.17. The van der Waals surface area contributed by atoms with Crippen molar-refractivity contribution in [1.29, 1.82) is 0 Å². The molecular weight excluding hydrogens is 274 g/mol. The molecular formula is C15H21NO3S. The molecule has 1 fully saturated rings. The third kappa shape index (κ3) is 3.66. The molecule has 1 aliphatic rings. The van der Waals surface area contributed by atoms with Crippen molar-refractivity contribution in [2.45, 2.75) is 44.4 Å². The standard InChI is InChI=1S/C15H21NO3S/c1-2-3-11-20-13-8-4-5-9-16(13)15(18)14(17)12-7-6-10-19-12/h6-7,10,13H,2-5,8-9,11H2,1H3. The Hall–Kier alpha value is -1.23. The maximum absolute atomic E-state index is 12.3. The van der Waals surface area contributed by atoms with Crippen LogP contribution in [0.4, 0.5) is 0 Å². The summed E-state index contributed by atoms with van der Waals surface area (Å²) in [5.41, 5.74) is 0. The Bertz CT molecular complexity index is 444. The fourth-order valence-electron chi connectivity index (χ4n) is 2.31. The number of carbonyl (C=O) groups excluding carboxylic acids is 2. The van der Waals surface area contributed by atoms with Crippen LogP contribution in [0, 0.1) is 0 Å². The van der Waals surface area contributed by atoms with E-state index in [0.29, 0.717) is 6.54 Å². The van der Waals surface area contributed by atoms with Crippen molar-refractivity contribution in [1.82, 2.24) is 4.90 Å². The number of likely N-dealkylation sites (tertiary alicyclic amines) is 1. The maximum atomic E-state index is 12.3. The van der Waals surface area contributed by atoms with Crippen molar-refractivity contribution in [2.24, 2.45) is 0 Å². The van der Waals surface area contributed by atoms with Crippen LogP contribution >= 0.6 is 11.8 Å². The number of carbonyl (C=O) groups is 2. The van der Waals surface area contributed by atoms with Gasteiger partial charge >= 0.3 is 0 Å². The smallest absolute Gasteiger partial charge is 0.299 e. The topological polar surface area (TPSA) is 50.5 Å². The van der Waals surface area contributed by atoms with Crippen LogP contribution in [-0.2, 0) is 4.79 Å². The quantitative estimate of drug-likeness (QED) is 0.459. The van der Waals surface area contributed by atoms with Crippen LogP contribution in [0.3, 0.4) is 0 Å². The number of rotatable bonds is 6. The fraction of sp³-hybridized carbons (Fsp3) is 0.600. The first-order valence-corrected chi connectivity index (χ1v) is 8.29. The van der Waals surface area contributed by atoms with Crippen LogP contribution in [0.25, 0.3) is 0 Å². The number of Topliss-reactive ketones (excluding diaryl/α,β-unsaturated/α-hetero) is 1. The molecule has 1 aromatic rings. The Kier molecular flexibility index (Phi) is 5.71. The van der Waals surface area contributed by atoms with Crippen LogP contribution in [0.1, 0.15) is 49.6 Å². The normalized spacial score (nSPS) is 19.1. The van der Waals surface area contributed by atoms with Gasteiger partial charge in [-0.05, 0) is 43.6 Å². The minimum Gasteiger partial charge on any atom is -0.461 e. The first-order chi connectivity index (χ1) is 9.74. The van der Waals surface area contributed by atoms with E-state index in [4.69, 9.17) is 4.42 Å².